The molecule has 18 heavy (non-hydrogen) atoms. The Morgan fingerprint density at radius 2 is 2.17 bits per heavy atom. The van der Waals surface area contributed by atoms with Crippen LogP contribution in [0.25, 0.3) is 0 Å². The highest BCUT2D eigenvalue weighted by Crippen LogP contribution is 2.12. The van der Waals surface area contributed by atoms with Crippen LogP contribution >= 0.6 is 11.6 Å². The lowest BCUT2D eigenvalue weighted by Crippen LogP contribution is -2.03. The molecule has 2 nitrogen and oxygen atoms in total. The fraction of sp³-hybridized carbons (Fsp3) is 0.133. The van der Waals surface area contributed by atoms with Gasteiger partial charge >= 0.3 is 0 Å². The fourth-order valence-electron chi connectivity index (χ4n) is 1.46. The minimum atomic E-state index is 0.715. The number of halogens is 1. The monoisotopic (exact) mass is 260 g/mol. The van der Waals surface area contributed by atoms with Gasteiger partial charge in [-0.05, 0) is 49.3 Å². The molecule has 1 rings (SSSR count). The third kappa shape index (κ3) is 5.02. The van der Waals surface area contributed by atoms with E-state index in [4.69, 9.17) is 11.6 Å². The lowest BCUT2D eigenvalue weighted by Gasteiger charge is -2.01. The molecule has 0 heterocycles. The van der Waals surface area contributed by atoms with Gasteiger partial charge in [0.05, 0.1) is 11.9 Å². The van der Waals surface area contributed by atoms with Gasteiger partial charge in [0.2, 0.25) is 0 Å². The summed E-state index contributed by atoms with van der Waals surface area (Å²) in [6.07, 6.45) is 9.14. The first-order valence-electron chi connectivity index (χ1n) is 5.67. The maximum absolute atomic E-state index is 5.97. The minimum Gasteiger partial charge on any atom is -0.279 e. The molecule has 0 amide bonds. The van der Waals surface area contributed by atoms with Crippen LogP contribution < -0.4 is 5.43 Å². The van der Waals surface area contributed by atoms with Crippen LogP contribution in [0, 0.1) is 6.92 Å². The molecule has 0 aliphatic rings. The van der Waals surface area contributed by atoms with E-state index in [2.05, 4.69) is 17.1 Å². The Labute approximate surface area is 113 Å². The van der Waals surface area contributed by atoms with Crippen LogP contribution in [-0.2, 0) is 0 Å². The molecule has 1 aromatic carbocycles. The third-order valence-corrected chi connectivity index (χ3v) is 2.33. The molecule has 0 atom stereocenters. The van der Waals surface area contributed by atoms with Crippen molar-refractivity contribution in [2.75, 3.05) is 0 Å². The molecule has 0 unspecified atom stereocenters. The van der Waals surface area contributed by atoms with Crippen molar-refractivity contribution in [1.29, 1.82) is 0 Å². The van der Waals surface area contributed by atoms with Gasteiger partial charge in [-0.1, -0.05) is 36.4 Å². The molecule has 0 aliphatic heterocycles. The average molecular weight is 261 g/mol. The summed E-state index contributed by atoms with van der Waals surface area (Å²) in [6, 6.07) is 5.80. The van der Waals surface area contributed by atoms with Gasteiger partial charge in [0.1, 0.15) is 0 Å². The lowest BCUT2D eigenvalue weighted by atomic mass is 10.1. The van der Waals surface area contributed by atoms with Gasteiger partial charge in [-0.25, -0.2) is 0 Å². The number of hydrazone groups is 1. The second kappa shape index (κ2) is 7.51. The number of nitrogens with zero attached hydrogens (tertiary/aromatic N) is 1. The number of hydrogen-bond acceptors (Lipinski definition) is 2. The molecule has 0 aliphatic carbocycles. The Bertz CT molecular complexity index is 479. The van der Waals surface area contributed by atoms with Crippen LogP contribution in [0.2, 0.25) is 5.02 Å². The summed E-state index contributed by atoms with van der Waals surface area (Å²) in [4.78, 5) is 0. The Morgan fingerprint density at radius 1 is 1.39 bits per heavy atom. The summed E-state index contributed by atoms with van der Waals surface area (Å²) < 4.78 is 0. The molecule has 0 saturated heterocycles. The number of aryl methyl sites for hydroxylation is 1. The maximum atomic E-state index is 5.97. The van der Waals surface area contributed by atoms with Gasteiger partial charge in [-0.3, -0.25) is 5.43 Å². The largest absolute Gasteiger partial charge is 0.279 e. The average Bonchev–Trinajstić information content (AvgIpc) is 2.28. The first-order valence-corrected chi connectivity index (χ1v) is 6.05. The van der Waals surface area contributed by atoms with Gasteiger partial charge in [-0.2, -0.15) is 5.10 Å². The van der Waals surface area contributed by atoms with Crippen molar-refractivity contribution in [3.63, 3.8) is 0 Å². The molecule has 1 aromatic rings. The van der Waals surface area contributed by atoms with Gasteiger partial charge in [0.25, 0.3) is 0 Å². The van der Waals surface area contributed by atoms with Crippen LogP contribution in [0.15, 0.2) is 59.9 Å². The molecule has 94 valence electrons. The highest BCUT2D eigenvalue weighted by Gasteiger charge is 1.94. The maximum Gasteiger partial charge on any atom is 0.0558 e. The molecule has 0 fully saturated rings. The van der Waals surface area contributed by atoms with Crippen LogP contribution in [0.3, 0.4) is 0 Å². The van der Waals surface area contributed by atoms with Crippen LogP contribution in [0.4, 0.5) is 0 Å². The normalized spacial score (nSPS) is 12.3. The van der Waals surface area contributed by atoms with Crippen molar-refractivity contribution >= 4 is 17.8 Å². The molecule has 0 radical (unpaired) electrons. The fourth-order valence-corrected chi connectivity index (χ4v) is 1.76. The van der Waals surface area contributed by atoms with Crippen LogP contribution in [0.1, 0.15) is 18.1 Å². The van der Waals surface area contributed by atoms with E-state index in [1.165, 1.54) is 0 Å². The van der Waals surface area contributed by atoms with Gasteiger partial charge < -0.3 is 0 Å². The first kappa shape index (κ1) is 14.3. The zero-order valence-corrected chi connectivity index (χ0v) is 11.4. The van der Waals surface area contributed by atoms with E-state index in [-0.39, 0.29) is 0 Å². The highest BCUT2D eigenvalue weighted by atomic mass is 35.5. The number of rotatable bonds is 5. The van der Waals surface area contributed by atoms with Crippen LogP contribution in [-0.4, -0.2) is 6.21 Å². The topological polar surface area (TPSA) is 24.4 Å². The van der Waals surface area contributed by atoms with Gasteiger partial charge in [-0.15, -0.1) is 0 Å². The molecule has 0 spiro atoms. The number of hydrogen-bond donors (Lipinski definition) is 1. The summed E-state index contributed by atoms with van der Waals surface area (Å²) in [7, 11) is 0. The summed E-state index contributed by atoms with van der Waals surface area (Å²) in [5.74, 6) is 0. The lowest BCUT2D eigenvalue weighted by molar-refractivity contribution is 0.923. The molecular weight excluding hydrogens is 244 g/mol. The molecule has 0 saturated carbocycles. The number of benzene rings is 1. The zero-order chi connectivity index (χ0) is 13.4. The predicted octanol–water partition coefficient (Wildman–Crippen LogP) is 4.22. The van der Waals surface area contributed by atoms with Gasteiger partial charge in [0.15, 0.2) is 0 Å². The SMILES string of the molecule is C=C/C=C(\C=C/C)N/N=C/c1cc(C)cc(Cl)c1. The third-order valence-electron chi connectivity index (χ3n) is 2.12. The van der Waals surface area contributed by atoms with E-state index in [9.17, 15) is 0 Å². The van der Waals surface area contributed by atoms with E-state index in [0.717, 1.165) is 16.8 Å². The van der Waals surface area contributed by atoms with E-state index in [1.807, 2.05) is 50.3 Å². The smallest absolute Gasteiger partial charge is 0.0558 e. The van der Waals surface area contributed by atoms with Crippen molar-refractivity contribution in [1.82, 2.24) is 5.43 Å². The summed E-state index contributed by atoms with van der Waals surface area (Å²) in [5, 5.41) is 4.88. The second-order valence-corrected chi connectivity index (χ2v) is 4.23. The summed E-state index contributed by atoms with van der Waals surface area (Å²) in [5.41, 5.74) is 5.89. The number of nitrogens with one attached hydrogen (secondary N) is 1. The van der Waals surface area contributed by atoms with Crippen LogP contribution in [0.5, 0.6) is 0 Å². The minimum absolute atomic E-state index is 0.715. The predicted molar refractivity (Wildman–Crippen MR) is 80.0 cm³/mol. The molecular formula is C15H17ClN2. The molecule has 1 N–H and O–H groups in total. The molecule has 0 aromatic heterocycles. The second-order valence-electron chi connectivity index (χ2n) is 3.79. The molecule has 0 bridgehead atoms. The highest BCUT2D eigenvalue weighted by molar-refractivity contribution is 6.30. The van der Waals surface area contributed by atoms with E-state index >= 15 is 0 Å². The van der Waals surface area contributed by atoms with E-state index in [1.54, 1.807) is 12.3 Å². The Kier molecular flexibility index (Phi) is 5.95. The number of allylic oxidation sites excluding steroid dienone is 4. The van der Waals surface area contributed by atoms with Gasteiger partial charge in [0, 0.05) is 5.02 Å². The zero-order valence-electron chi connectivity index (χ0n) is 10.7. The summed E-state index contributed by atoms with van der Waals surface area (Å²) in [6.45, 7) is 7.60. The quantitative estimate of drug-likeness (QED) is 0.479. The molecule has 3 heteroatoms. The van der Waals surface area contributed by atoms with E-state index in [0.29, 0.717) is 5.02 Å². The Hall–Kier alpha value is -1.80. The Balaban J connectivity index is 2.74. The first-order chi connectivity index (χ1) is 8.65. The van der Waals surface area contributed by atoms with E-state index < -0.39 is 0 Å². The van der Waals surface area contributed by atoms with Crippen molar-refractivity contribution in [2.24, 2.45) is 5.10 Å². The van der Waals surface area contributed by atoms with Crippen molar-refractivity contribution in [3.8, 4) is 0 Å². The van der Waals surface area contributed by atoms with Crippen molar-refractivity contribution in [3.05, 3.63) is 70.9 Å². The van der Waals surface area contributed by atoms with Crippen molar-refractivity contribution < 1.29 is 0 Å². The standard InChI is InChI=1S/C15H17ClN2/c1-4-6-15(7-5-2)18-17-11-13-8-12(3)9-14(16)10-13/h4-11,18H,1H2,2-3H3/b7-5-,15-6+,17-11+. The summed E-state index contributed by atoms with van der Waals surface area (Å²) >= 11 is 5.97. The van der Waals surface area contributed by atoms with Crippen molar-refractivity contribution in [2.45, 2.75) is 13.8 Å². The Morgan fingerprint density at radius 3 is 2.78 bits per heavy atom.